The molecule has 2 atom stereocenters. The molecule has 1 aromatic carbocycles. The highest BCUT2D eigenvalue weighted by Gasteiger charge is 2.42. The lowest BCUT2D eigenvalue weighted by Gasteiger charge is -2.09. The second-order valence-electron chi connectivity index (χ2n) is 6.20. The Morgan fingerprint density at radius 1 is 1.27 bits per heavy atom. The molecule has 2 aromatic rings. The topological polar surface area (TPSA) is 101 Å². The summed E-state index contributed by atoms with van der Waals surface area (Å²) in [5.41, 5.74) is 1.26. The number of furan rings is 1. The lowest BCUT2D eigenvalue weighted by Crippen LogP contribution is -2.22. The molecule has 0 saturated carbocycles. The van der Waals surface area contributed by atoms with Crippen molar-refractivity contribution in [1.82, 2.24) is 5.32 Å². The van der Waals surface area contributed by atoms with Gasteiger partial charge in [-0.15, -0.1) is 0 Å². The number of hydrogen-bond acceptors (Lipinski definition) is 7. The SMILES string of the molecule is O=C(NCc1ccco1)c1cccc(NC2=N[C@H]3CS(=O)(=O)C[C@@H]3S2)c1. The number of sulfone groups is 1. The number of nitrogens with one attached hydrogen (secondary N) is 2. The summed E-state index contributed by atoms with van der Waals surface area (Å²) in [5.74, 6) is 0.775. The van der Waals surface area contributed by atoms with Crippen molar-refractivity contribution in [2.75, 3.05) is 16.8 Å². The van der Waals surface area contributed by atoms with Gasteiger partial charge >= 0.3 is 0 Å². The Morgan fingerprint density at radius 2 is 2.15 bits per heavy atom. The summed E-state index contributed by atoms with van der Waals surface area (Å²) in [4.78, 5) is 16.7. The van der Waals surface area contributed by atoms with E-state index in [1.165, 1.54) is 11.8 Å². The van der Waals surface area contributed by atoms with E-state index in [4.69, 9.17) is 4.42 Å². The largest absolute Gasteiger partial charge is 0.467 e. The minimum Gasteiger partial charge on any atom is -0.467 e. The molecule has 0 spiro atoms. The van der Waals surface area contributed by atoms with Crippen molar-refractivity contribution >= 4 is 38.4 Å². The van der Waals surface area contributed by atoms with Crippen molar-refractivity contribution in [1.29, 1.82) is 0 Å². The Balaban J connectivity index is 1.39. The summed E-state index contributed by atoms with van der Waals surface area (Å²) >= 11 is 1.45. The van der Waals surface area contributed by atoms with E-state index in [-0.39, 0.29) is 28.7 Å². The van der Waals surface area contributed by atoms with Crippen molar-refractivity contribution in [3.05, 3.63) is 54.0 Å². The number of anilines is 1. The zero-order chi connectivity index (χ0) is 18.1. The van der Waals surface area contributed by atoms with Crippen LogP contribution in [0.5, 0.6) is 0 Å². The van der Waals surface area contributed by atoms with E-state index < -0.39 is 9.84 Å². The van der Waals surface area contributed by atoms with Gasteiger partial charge in [0.2, 0.25) is 0 Å². The van der Waals surface area contributed by atoms with E-state index in [0.29, 0.717) is 23.0 Å². The van der Waals surface area contributed by atoms with Crippen LogP contribution in [0.1, 0.15) is 16.1 Å². The zero-order valence-electron chi connectivity index (χ0n) is 13.7. The monoisotopic (exact) mass is 391 g/mol. The number of amidine groups is 1. The first kappa shape index (κ1) is 17.2. The van der Waals surface area contributed by atoms with Gasteiger partial charge in [0.15, 0.2) is 15.0 Å². The molecule has 9 heteroatoms. The molecule has 3 heterocycles. The standard InChI is InChI=1S/C17H17N3O4S2/c21-16(18-8-13-5-2-6-24-13)11-3-1-4-12(7-11)19-17-20-14-9-26(22,23)10-15(14)25-17/h1-7,14-15H,8-10H2,(H,18,21)(H,19,20)/t14-,15-/m0/s1. The number of carbonyl (C=O) groups excluding carboxylic acids is 1. The predicted molar refractivity (Wildman–Crippen MR) is 101 cm³/mol. The molecule has 7 nitrogen and oxygen atoms in total. The first-order valence-electron chi connectivity index (χ1n) is 8.11. The van der Waals surface area contributed by atoms with Crippen LogP contribution < -0.4 is 10.6 Å². The number of benzene rings is 1. The Hall–Kier alpha value is -2.26. The van der Waals surface area contributed by atoms with Gasteiger partial charge in [-0.25, -0.2) is 8.42 Å². The van der Waals surface area contributed by atoms with Gasteiger partial charge in [0.1, 0.15) is 5.76 Å². The van der Waals surface area contributed by atoms with Gasteiger partial charge in [-0.2, -0.15) is 0 Å². The van der Waals surface area contributed by atoms with E-state index in [1.807, 2.05) is 6.07 Å². The molecule has 0 unspecified atom stereocenters. The summed E-state index contributed by atoms with van der Waals surface area (Å²) < 4.78 is 28.4. The minimum atomic E-state index is -2.96. The molecule has 0 bridgehead atoms. The van der Waals surface area contributed by atoms with E-state index in [1.54, 1.807) is 36.6 Å². The van der Waals surface area contributed by atoms with Crippen LogP contribution in [0.4, 0.5) is 5.69 Å². The van der Waals surface area contributed by atoms with Crippen molar-refractivity contribution in [2.45, 2.75) is 17.8 Å². The first-order valence-corrected chi connectivity index (χ1v) is 10.8. The van der Waals surface area contributed by atoms with Crippen LogP contribution in [0.3, 0.4) is 0 Å². The third-order valence-corrected chi connectivity index (χ3v) is 7.34. The van der Waals surface area contributed by atoms with Crippen LogP contribution in [0, 0.1) is 0 Å². The molecule has 0 aliphatic carbocycles. The number of hydrogen-bond donors (Lipinski definition) is 2. The first-order chi connectivity index (χ1) is 12.5. The summed E-state index contributed by atoms with van der Waals surface area (Å²) in [6.45, 7) is 0.323. The minimum absolute atomic E-state index is 0.0118. The third-order valence-electron chi connectivity index (χ3n) is 4.20. The number of nitrogens with zero attached hydrogens (tertiary/aromatic N) is 1. The molecule has 1 aromatic heterocycles. The van der Waals surface area contributed by atoms with Gasteiger partial charge in [-0.05, 0) is 30.3 Å². The van der Waals surface area contributed by atoms with Crippen molar-refractivity contribution in [2.24, 2.45) is 4.99 Å². The number of amides is 1. The van der Waals surface area contributed by atoms with Gasteiger partial charge in [0.05, 0.1) is 30.4 Å². The lowest BCUT2D eigenvalue weighted by molar-refractivity contribution is 0.0948. The van der Waals surface area contributed by atoms with Crippen LogP contribution in [0.25, 0.3) is 0 Å². The number of rotatable bonds is 4. The van der Waals surface area contributed by atoms with Gasteiger partial charge in [-0.3, -0.25) is 9.79 Å². The fourth-order valence-electron chi connectivity index (χ4n) is 2.96. The normalized spacial score (nSPS) is 23.3. The highest BCUT2D eigenvalue weighted by molar-refractivity contribution is 8.15. The number of fused-ring (bicyclic) bond motifs is 1. The van der Waals surface area contributed by atoms with Crippen LogP contribution in [0.15, 0.2) is 52.1 Å². The van der Waals surface area contributed by atoms with E-state index in [0.717, 1.165) is 5.69 Å². The Kier molecular flexibility index (Phi) is 4.49. The Bertz CT molecular complexity index is 954. The molecule has 2 N–H and O–H groups in total. The van der Waals surface area contributed by atoms with E-state index in [9.17, 15) is 13.2 Å². The third kappa shape index (κ3) is 3.78. The van der Waals surface area contributed by atoms with Crippen LogP contribution in [-0.2, 0) is 16.4 Å². The maximum absolute atomic E-state index is 12.3. The zero-order valence-corrected chi connectivity index (χ0v) is 15.3. The fraction of sp³-hybridized carbons (Fsp3) is 0.294. The molecule has 1 fully saturated rings. The maximum Gasteiger partial charge on any atom is 0.251 e. The Labute approximate surface area is 155 Å². The number of carbonyl (C=O) groups is 1. The van der Waals surface area contributed by atoms with Crippen LogP contribution >= 0.6 is 11.8 Å². The Morgan fingerprint density at radius 3 is 2.92 bits per heavy atom. The highest BCUT2D eigenvalue weighted by Crippen LogP contribution is 2.34. The van der Waals surface area contributed by atoms with Gasteiger partial charge in [-0.1, -0.05) is 17.8 Å². The average Bonchev–Trinajstić information content (AvgIpc) is 3.28. The second-order valence-corrected chi connectivity index (χ2v) is 9.58. The molecule has 1 saturated heterocycles. The van der Waals surface area contributed by atoms with Crippen molar-refractivity contribution < 1.29 is 17.6 Å². The molecule has 4 rings (SSSR count). The molecular weight excluding hydrogens is 374 g/mol. The molecule has 0 radical (unpaired) electrons. The molecular formula is C17H17N3O4S2. The summed E-state index contributed by atoms with van der Waals surface area (Å²) in [5, 5.41) is 6.67. The smallest absolute Gasteiger partial charge is 0.251 e. The molecule has 1 amide bonds. The van der Waals surface area contributed by atoms with Gasteiger partial charge in [0.25, 0.3) is 5.91 Å². The summed E-state index contributed by atoms with van der Waals surface area (Å²) in [6, 6.07) is 10.5. The molecule has 26 heavy (non-hydrogen) atoms. The number of thioether (sulfide) groups is 1. The summed E-state index contributed by atoms with van der Waals surface area (Å²) in [6.07, 6.45) is 1.56. The van der Waals surface area contributed by atoms with Crippen LogP contribution in [-0.4, -0.2) is 42.3 Å². The predicted octanol–water partition coefficient (Wildman–Crippen LogP) is 1.89. The van der Waals surface area contributed by atoms with Crippen molar-refractivity contribution in [3.63, 3.8) is 0 Å². The summed E-state index contributed by atoms with van der Waals surface area (Å²) in [7, 11) is -2.96. The van der Waals surface area contributed by atoms with Gasteiger partial charge < -0.3 is 15.1 Å². The lowest BCUT2D eigenvalue weighted by atomic mass is 10.2. The quantitative estimate of drug-likeness (QED) is 0.825. The van der Waals surface area contributed by atoms with Crippen LogP contribution in [0.2, 0.25) is 0 Å². The second kappa shape index (κ2) is 6.81. The van der Waals surface area contributed by atoms with E-state index >= 15 is 0 Å². The van der Waals surface area contributed by atoms with Gasteiger partial charge in [0, 0.05) is 16.5 Å². The molecule has 136 valence electrons. The average molecular weight is 391 g/mol. The molecule has 2 aliphatic heterocycles. The maximum atomic E-state index is 12.3. The number of aliphatic imine (C=N–C) groups is 1. The molecule has 2 aliphatic rings. The highest BCUT2D eigenvalue weighted by atomic mass is 32.2. The fourth-order valence-corrected chi connectivity index (χ4v) is 6.64. The van der Waals surface area contributed by atoms with E-state index in [2.05, 4.69) is 15.6 Å². The van der Waals surface area contributed by atoms with Crippen molar-refractivity contribution in [3.8, 4) is 0 Å².